The minimum Gasteiger partial charge on any atom is -0.456 e. The maximum absolute atomic E-state index is 15.3. The summed E-state index contributed by atoms with van der Waals surface area (Å²) in [6, 6.07) is 15.0. The first-order valence-corrected chi connectivity index (χ1v) is 20.5. The number of carbonyl (C=O) groups excluding carboxylic acids is 6. The van der Waals surface area contributed by atoms with E-state index in [9.17, 15) is 39.3 Å². The van der Waals surface area contributed by atoms with Gasteiger partial charge in [-0.1, -0.05) is 75.2 Å². The molecule has 15 nitrogen and oxygen atoms in total. The number of benzene rings is 2. The number of rotatable bonds is 13. The molecule has 2 aromatic rings. The maximum Gasteiger partial charge on any atom is 0.338 e. The van der Waals surface area contributed by atoms with Crippen LogP contribution in [0.25, 0.3) is 0 Å². The molecule has 1 aliphatic heterocycles. The fourth-order valence-electron chi connectivity index (χ4n) is 11.6. The van der Waals surface area contributed by atoms with Crippen LogP contribution in [0, 0.1) is 16.2 Å². The van der Waals surface area contributed by atoms with E-state index >= 15 is 4.79 Å². The number of esters is 4. The highest BCUT2D eigenvalue weighted by Crippen LogP contribution is 2.86. The molecule has 7 rings (SSSR count). The summed E-state index contributed by atoms with van der Waals surface area (Å²) in [4.78, 5) is 82.7. The van der Waals surface area contributed by atoms with E-state index in [-0.39, 0.29) is 36.2 Å². The van der Waals surface area contributed by atoms with Gasteiger partial charge in [-0.3, -0.25) is 19.2 Å². The van der Waals surface area contributed by atoms with Gasteiger partial charge in [-0.2, -0.15) is 0 Å². The van der Waals surface area contributed by atoms with E-state index in [2.05, 4.69) is 5.32 Å². The van der Waals surface area contributed by atoms with Crippen LogP contribution in [0.1, 0.15) is 102 Å². The van der Waals surface area contributed by atoms with E-state index in [1.54, 1.807) is 55.5 Å². The highest BCUT2D eigenvalue weighted by Gasteiger charge is 2.99. The number of ketones is 1. The van der Waals surface area contributed by atoms with E-state index < -0.39 is 112 Å². The van der Waals surface area contributed by atoms with Crippen molar-refractivity contribution in [3.8, 4) is 0 Å². The Labute approximate surface area is 347 Å². The zero-order valence-electron chi connectivity index (χ0n) is 34.6. The van der Waals surface area contributed by atoms with E-state index in [1.165, 1.54) is 32.9 Å². The van der Waals surface area contributed by atoms with Gasteiger partial charge in [0.05, 0.1) is 35.1 Å². The summed E-state index contributed by atoms with van der Waals surface area (Å²) >= 11 is 0. The normalized spacial score (nSPS) is 35.8. The van der Waals surface area contributed by atoms with Crippen molar-refractivity contribution in [3.05, 3.63) is 82.9 Å². The van der Waals surface area contributed by atoms with E-state index in [0.29, 0.717) is 12.0 Å². The molecule has 60 heavy (non-hydrogen) atoms. The second-order valence-corrected chi connectivity index (χ2v) is 17.2. The Kier molecular flexibility index (Phi) is 11.1. The molecule has 1 amide bonds. The number of unbranched alkanes of at least 4 members (excludes halogenated alkanes) is 2. The van der Waals surface area contributed by atoms with E-state index in [4.69, 9.17) is 23.7 Å². The molecular formula is C45H53NO14. The zero-order chi connectivity index (χ0) is 43.6. The molecule has 0 bridgehead atoms. The molecule has 1 unspecified atom stereocenters. The number of aliphatic hydroxyl groups is 3. The molecule has 1 saturated heterocycles. The molecule has 1 spiro atoms. The van der Waals surface area contributed by atoms with Crippen molar-refractivity contribution in [1.82, 2.24) is 5.32 Å². The molecule has 0 radical (unpaired) electrons. The molecule has 4 N–H and O–H groups in total. The molecule has 5 aliphatic rings. The number of Topliss-reactive ketones (excluding diaryl/α,β-unsaturated/α-hetero) is 1. The summed E-state index contributed by atoms with van der Waals surface area (Å²) < 4.78 is 30.4. The van der Waals surface area contributed by atoms with Crippen LogP contribution >= 0.6 is 0 Å². The van der Waals surface area contributed by atoms with E-state index in [1.807, 2.05) is 6.92 Å². The number of nitrogens with one attached hydrogen (secondary N) is 1. The van der Waals surface area contributed by atoms with Gasteiger partial charge in [-0.25, -0.2) is 9.59 Å². The van der Waals surface area contributed by atoms with Gasteiger partial charge in [0.2, 0.25) is 5.91 Å². The van der Waals surface area contributed by atoms with Gasteiger partial charge in [0.25, 0.3) is 0 Å². The van der Waals surface area contributed by atoms with Gasteiger partial charge in [0.1, 0.15) is 23.9 Å². The predicted octanol–water partition coefficient (Wildman–Crippen LogP) is 3.37. The number of amides is 1. The predicted molar refractivity (Wildman–Crippen MR) is 209 cm³/mol. The monoisotopic (exact) mass is 831 g/mol. The van der Waals surface area contributed by atoms with Crippen molar-refractivity contribution < 1.29 is 67.8 Å². The van der Waals surface area contributed by atoms with Crippen LogP contribution in [-0.2, 0) is 47.7 Å². The Morgan fingerprint density at radius 2 is 1.58 bits per heavy atom. The van der Waals surface area contributed by atoms with Crippen molar-refractivity contribution in [2.24, 2.45) is 16.2 Å². The third-order valence-corrected chi connectivity index (χ3v) is 14.2. The molecule has 322 valence electrons. The Morgan fingerprint density at radius 3 is 2.17 bits per heavy atom. The third kappa shape index (κ3) is 5.90. The molecule has 0 aromatic heterocycles. The van der Waals surface area contributed by atoms with Crippen molar-refractivity contribution in [2.45, 2.75) is 134 Å². The standard InChI is InChI=1S/C45H53NO14/c1-7-8-11-20-32(50)46-34(27-16-12-9-13-17-27)35(51)39(54)58-29-22-43(55)40(59-38(53)28-18-14-10-15-19-28)45-41(5,30(49)21-31-44(45,23-56-31)60-26(4)48)37(52)36(57-25(3)47)33(24(29)2)42(43,45)6/h9-10,12-19,29-31,34-36,40,49,51,55H,7-8,11,20-23H2,1-6H3,(H,46,50)/t29-,30-,31+,34-,35+,36+,40+,41-,42-,43+,44-,45?/m0/s1. The Bertz CT molecular complexity index is 2110. The van der Waals surface area contributed by atoms with Gasteiger partial charge in [-0.15, -0.1) is 0 Å². The summed E-state index contributed by atoms with van der Waals surface area (Å²) in [6.07, 6.45) is -7.70. The summed E-state index contributed by atoms with van der Waals surface area (Å²) in [5.74, 6) is -4.94. The van der Waals surface area contributed by atoms with Gasteiger partial charge in [0, 0.05) is 38.5 Å². The average molecular weight is 832 g/mol. The molecule has 3 saturated carbocycles. The van der Waals surface area contributed by atoms with Gasteiger partial charge in [0.15, 0.2) is 23.6 Å². The van der Waals surface area contributed by atoms with Gasteiger partial charge >= 0.3 is 23.9 Å². The smallest absolute Gasteiger partial charge is 0.338 e. The van der Waals surface area contributed by atoms with Crippen LogP contribution in [0.2, 0.25) is 0 Å². The van der Waals surface area contributed by atoms with Crippen LogP contribution in [0.15, 0.2) is 71.8 Å². The van der Waals surface area contributed by atoms with Crippen LogP contribution < -0.4 is 5.32 Å². The fourth-order valence-corrected chi connectivity index (χ4v) is 11.6. The lowest BCUT2D eigenvalue weighted by Gasteiger charge is -2.86. The molecular weight excluding hydrogens is 778 g/mol. The number of aliphatic hydroxyl groups excluding tert-OH is 2. The largest absolute Gasteiger partial charge is 0.456 e. The maximum atomic E-state index is 15.3. The first-order chi connectivity index (χ1) is 28.4. The number of hydrogen-bond acceptors (Lipinski definition) is 14. The summed E-state index contributed by atoms with van der Waals surface area (Å²) in [6.45, 7) is 8.54. The molecule has 4 fully saturated rings. The summed E-state index contributed by atoms with van der Waals surface area (Å²) in [7, 11) is 0. The van der Waals surface area contributed by atoms with Gasteiger partial charge < -0.3 is 44.3 Å². The number of hydrogen-bond donors (Lipinski definition) is 4. The SMILES string of the molecule is CCCCCC(=O)N[C@@H](c1ccccc1)[C@@H](O)C(=O)O[C@H]1C[C@@]2(O)[C@@H](OC(=O)c3ccccc3)C34[C@]5(OC(C)=O)CO[C@@H]5C[C@H](O)[C@@]3(C)C(=O)[C@H](OC(C)=O)C(=C1C)[C@]42C. The van der Waals surface area contributed by atoms with Crippen LogP contribution in [0.5, 0.6) is 0 Å². The first kappa shape index (κ1) is 43.1. The Hall–Kier alpha value is -4.96. The first-order valence-electron chi connectivity index (χ1n) is 20.5. The van der Waals surface area contributed by atoms with Crippen molar-refractivity contribution in [3.63, 3.8) is 0 Å². The topological polar surface area (TPSA) is 221 Å². The molecule has 2 aromatic carbocycles. The lowest BCUT2D eigenvalue weighted by Crippen LogP contribution is -3.00. The molecule has 15 heteroatoms. The van der Waals surface area contributed by atoms with Crippen LogP contribution in [0.3, 0.4) is 0 Å². The van der Waals surface area contributed by atoms with Crippen molar-refractivity contribution >= 4 is 35.6 Å². The lowest BCUT2D eigenvalue weighted by molar-refractivity contribution is -0.472. The van der Waals surface area contributed by atoms with Crippen LogP contribution in [-0.4, -0.2) is 105 Å². The number of ether oxygens (including phenoxy) is 5. The Morgan fingerprint density at radius 1 is 0.933 bits per heavy atom. The summed E-state index contributed by atoms with van der Waals surface area (Å²) in [5.41, 5.74) is -9.16. The zero-order valence-corrected chi connectivity index (χ0v) is 34.6. The van der Waals surface area contributed by atoms with Crippen molar-refractivity contribution in [1.29, 1.82) is 0 Å². The van der Waals surface area contributed by atoms with Gasteiger partial charge in [-0.05, 0) is 49.1 Å². The average Bonchev–Trinajstić information content (AvgIpc) is 3.21. The minimum absolute atomic E-state index is 0.00309. The Balaban J connectivity index is 1.38. The minimum atomic E-state index is -2.28. The van der Waals surface area contributed by atoms with E-state index in [0.717, 1.165) is 19.8 Å². The highest BCUT2D eigenvalue weighted by atomic mass is 16.6. The second-order valence-electron chi connectivity index (χ2n) is 17.2. The fraction of sp³-hybridized carbons (Fsp3) is 0.556. The second kappa shape index (κ2) is 15.5. The molecule has 12 atom stereocenters. The third-order valence-electron chi connectivity index (χ3n) is 14.2. The highest BCUT2D eigenvalue weighted by molar-refractivity contribution is 5.99. The summed E-state index contributed by atoms with van der Waals surface area (Å²) in [5, 5.41) is 40.0. The number of carbonyl (C=O) groups is 6. The molecule has 1 heterocycles. The number of fused-ring (bicyclic) bond motifs is 1. The molecule has 4 aliphatic carbocycles. The lowest BCUT2D eigenvalue weighted by atomic mass is 9.20. The quantitative estimate of drug-likeness (QED) is 0.0985. The van der Waals surface area contributed by atoms with Crippen LogP contribution in [0.4, 0.5) is 0 Å². The van der Waals surface area contributed by atoms with Crippen molar-refractivity contribution in [2.75, 3.05) is 6.61 Å².